The Kier molecular flexibility index (Phi) is 4.72. The Hall–Kier alpha value is -0.490. The van der Waals surface area contributed by atoms with Crippen LogP contribution in [-0.4, -0.2) is 35.8 Å². The van der Waals surface area contributed by atoms with Crippen LogP contribution >= 0.6 is 11.6 Å². The zero-order valence-electron chi connectivity index (χ0n) is 9.99. The van der Waals surface area contributed by atoms with E-state index in [0.717, 1.165) is 6.42 Å². The molecule has 0 amide bonds. The quantitative estimate of drug-likeness (QED) is 0.925. The van der Waals surface area contributed by atoms with Crippen molar-refractivity contribution in [2.45, 2.75) is 22.6 Å². The molecule has 6 heteroatoms. The molecule has 1 aliphatic heterocycles. The minimum absolute atomic E-state index is 0.00131. The van der Waals surface area contributed by atoms with Gasteiger partial charge in [-0.1, -0.05) is 11.6 Å². The van der Waals surface area contributed by atoms with Crippen molar-refractivity contribution in [3.05, 3.63) is 29.0 Å². The zero-order valence-corrected chi connectivity index (χ0v) is 11.6. The fourth-order valence-corrected chi connectivity index (χ4v) is 3.85. The minimum Gasteiger partial charge on any atom is -0.380 e. The lowest BCUT2D eigenvalue weighted by Gasteiger charge is -2.30. The second-order valence-electron chi connectivity index (χ2n) is 4.17. The first kappa shape index (κ1) is 13.9. The normalized spacial score (nSPS) is 25.9. The van der Waals surface area contributed by atoms with Crippen molar-refractivity contribution in [2.24, 2.45) is 0 Å². The summed E-state index contributed by atoms with van der Waals surface area (Å²) < 4.78 is 30.9. The maximum atomic E-state index is 13.1. The van der Waals surface area contributed by atoms with Gasteiger partial charge in [0.25, 0.3) is 0 Å². The minimum atomic E-state index is -1.26. The third-order valence-corrected chi connectivity index (χ3v) is 5.10. The van der Waals surface area contributed by atoms with Crippen molar-refractivity contribution >= 4 is 22.4 Å². The van der Waals surface area contributed by atoms with Gasteiger partial charge in [0.05, 0.1) is 27.7 Å². The molecule has 18 heavy (non-hydrogen) atoms. The van der Waals surface area contributed by atoms with Crippen molar-refractivity contribution < 1.29 is 13.3 Å². The molecule has 1 heterocycles. The van der Waals surface area contributed by atoms with Crippen LogP contribution in [0.15, 0.2) is 23.1 Å². The molecule has 1 saturated heterocycles. The summed E-state index contributed by atoms with van der Waals surface area (Å²) in [5.41, 5.74) is 0. The Bertz CT molecular complexity index is 458. The van der Waals surface area contributed by atoms with Crippen LogP contribution in [0, 0.1) is 5.82 Å². The molecule has 0 bridgehead atoms. The van der Waals surface area contributed by atoms with Gasteiger partial charge in [0.1, 0.15) is 5.82 Å². The van der Waals surface area contributed by atoms with Gasteiger partial charge in [-0.15, -0.1) is 0 Å². The topological polar surface area (TPSA) is 38.3 Å². The van der Waals surface area contributed by atoms with Crippen LogP contribution in [0.25, 0.3) is 0 Å². The molecule has 3 unspecified atom stereocenters. The third kappa shape index (κ3) is 2.91. The van der Waals surface area contributed by atoms with E-state index in [1.807, 2.05) is 7.05 Å². The fourth-order valence-electron chi connectivity index (χ4n) is 2.03. The van der Waals surface area contributed by atoms with Crippen LogP contribution in [0.5, 0.6) is 0 Å². The van der Waals surface area contributed by atoms with E-state index in [1.165, 1.54) is 18.2 Å². The molecular weight excluding hydrogens is 277 g/mol. The van der Waals surface area contributed by atoms with Gasteiger partial charge in [-0.25, -0.2) is 4.39 Å². The summed E-state index contributed by atoms with van der Waals surface area (Å²) >= 11 is 5.71. The van der Waals surface area contributed by atoms with Crippen LogP contribution in [0.4, 0.5) is 4.39 Å². The van der Waals surface area contributed by atoms with Crippen molar-refractivity contribution in [3.63, 3.8) is 0 Å². The molecule has 1 aliphatic rings. The van der Waals surface area contributed by atoms with Gasteiger partial charge in [0.15, 0.2) is 0 Å². The number of halogens is 2. The molecule has 0 spiro atoms. The van der Waals surface area contributed by atoms with Crippen molar-refractivity contribution in [1.82, 2.24) is 5.32 Å². The van der Waals surface area contributed by atoms with E-state index < -0.39 is 16.6 Å². The molecule has 1 aromatic rings. The lowest BCUT2D eigenvalue weighted by atomic mass is 10.1. The summed E-state index contributed by atoms with van der Waals surface area (Å²) in [6.45, 7) is 1.11. The second-order valence-corrected chi connectivity index (χ2v) is 6.25. The average molecular weight is 292 g/mol. The smallest absolute Gasteiger partial charge is 0.141 e. The van der Waals surface area contributed by atoms with Crippen molar-refractivity contribution in [1.29, 1.82) is 0 Å². The van der Waals surface area contributed by atoms with Crippen molar-refractivity contribution in [3.8, 4) is 0 Å². The van der Waals surface area contributed by atoms with E-state index >= 15 is 0 Å². The molecule has 2 rings (SSSR count). The van der Waals surface area contributed by atoms with Crippen LogP contribution < -0.4 is 5.32 Å². The molecule has 1 aromatic carbocycles. The maximum absolute atomic E-state index is 13.1. The van der Waals surface area contributed by atoms with Gasteiger partial charge in [0.2, 0.25) is 0 Å². The maximum Gasteiger partial charge on any atom is 0.141 e. The highest BCUT2D eigenvalue weighted by molar-refractivity contribution is 7.85. The number of benzene rings is 1. The van der Waals surface area contributed by atoms with E-state index in [9.17, 15) is 8.60 Å². The SMILES string of the molecule is CNC1CCOCC1S(=O)c1ccc(F)c(Cl)c1. The highest BCUT2D eigenvalue weighted by Crippen LogP contribution is 2.23. The summed E-state index contributed by atoms with van der Waals surface area (Å²) in [6.07, 6.45) is 0.821. The lowest BCUT2D eigenvalue weighted by Crippen LogP contribution is -2.47. The molecule has 0 radical (unpaired) electrons. The first-order valence-electron chi connectivity index (χ1n) is 5.74. The zero-order chi connectivity index (χ0) is 13.1. The molecule has 0 aliphatic carbocycles. The summed E-state index contributed by atoms with van der Waals surface area (Å²) in [5.74, 6) is -0.498. The Labute approximate surface area is 113 Å². The first-order chi connectivity index (χ1) is 8.63. The standard InChI is InChI=1S/C12H15ClFNO2S/c1-15-11-4-5-17-7-12(11)18(16)8-2-3-10(14)9(13)6-8/h2-3,6,11-12,15H,4-5,7H2,1H3. The van der Waals surface area contributed by atoms with E-state index in [-0.39, 0.29) is 16.3 Å². The molecule has 3 atom stereocenters. The van der Waals surface area contributed by atoms with Gasteiger partial charge >= 0.3 is 0 Å². The van der Waals surface area contributed by atoms with Gasteiger partial charge < -0.3 is 10.1 Å². The number of hydrogen-bond donors (Lipinski definition) is 1. The average Bonchev–Trinajstić information content (AvgIpc) is 2.41. The Morgan fingerprint density at radius 3 is 3.00 bits per heavy atom. The summed E-state index contributed by atoms with van der Waals surface area (Å²) in [5, 5.41) is 3.02. The Balaban J connectivity index is 2.21. The first-order valence-corrected chi connectivity index (χ1v) is 7.33. The van der Waals surface area contributed by atoms with E-state index in [0.29, 0.717) is 18.1 Å². The molecule has 0 aromatic heterocycles. The number of nitrogens with one attached hydrogen (secondary N) is 1. The molecule has 1 fully saturated rings. The molecule has 3 nitrogen and oxygen atoms in total. The Morgan fingerprint density at radius 2 is 2.33 bits per heavy atom. The number of rotatable bonds is 3. The van der Waals surface area contributed by atoms with Crippen LogP contribution in [0.3, 0.4) is 0 Å². The monoisotopic (exact) mass is 291 g/mol. The van der Waals surface area contributed by atoms with E-state index in [1.54, 1.807) is 0 Å². The number of hydrogen-bond acceptors (Lipinski definition) is 3. The predicted molar refractivity (Wildman–Crippen MR) is 69.9 cm³/mol. The summed E-state index contributed by atoms with van der Waals surface area (Å²) in [7, 11) is 0.588. The Morgan fingerprint density at radius 1 is 1.56 bits per heavy atom. The summed E-state index contributed by atoms with van der Waals surface area (Å²) in [6, 6.07) is 4.32. The molecule has 0 saturated carbocycles. The van der Waals surface area contributed by atoms with Gasteiger partial charge in [-0.05, 0) is 31.7 Å². The summed E-state index contributed by atoms with van der Waals surface area (Å²) in [4.78, 5) is 0.539. The fraction of sp³-hybridized carbons (Fsp3) is 0.500. The van der Waals surface area contributed by atoms with Crippen LogP contribution in [-0.2, 0) is 15.5 Å². The largest absolute Gasteiger partial charge is 0.380 e. The van der Waals surface area contributed by atoms with Gasteiger partial charge in [-0.3, -0.25) is 4.21 Å². The molecule has 100 valence electrons. The van der Waals surface area contributed by atoms with Gasteiger partial charge in [0, 0.05) is 17.5 Å². The van der Waals surface area contributed by atoms with E-state index in [2.05, 4.69) is 5.32 Å². The molecular formula is C12H15ClFNO2S. The van der Waals surface area contributed by atoms with Crippen LogP contribution in [0.1, 0.15) is 6.42 Å². The van der Waals surface area contributed by atoms with Crippen LogP contribution in [0.2, 0.25) is 5.02 Å². The van der Waals surface area contributed by atoms with Crippen molar-refractivity contribution in [2.75, 3.05) is 20.3 Å². The highest BCUT2D eigenvalue weighted by atomic mass is 35.5. The number of ether oxygens (including phenoxy) is 1. The third-order valence-electron chi connectivity index (χ3n) is 3.07. The lowest BCUT2D eigenvalue weighted by molar-refractivity contribution is 0.0838. The van der Waals surface area contributed by atoms with Gasteiger partial charge in [-0.2, -0.15) is 0 Å². The highest BCUT2D eigenvalue weighted by Gasteiger charge is 2.30. The second kappa shape index (κ2) is 6.10. The van der Waals surface area contributed by atoms with E-state index in [4.69, 9.17) is 16.3 Å². The predicted octanol–water partition coefficient (Wildman–Crippen LogP) is 1.96. The molecule has 1 N–H and O–H groups in total.